The molecule has 0 bridgehead atoms. The summed E-state index contributed by atoms with van der Waals surface area (Å²) in [6, 6.07) is 3.30. The van der Waals surface area contributed by atoms with Gasteiger partial charge in [-0.25, -0.2) is 8.78 Å². The number of halogens is 3. The van der Waals surface area contributed by atoms with Crippen molar-refractivity contribution in [3.05, 3.63) is 56.2 Å². The molecule has 0 unspecified atom stereocenters. The van der Waals surface area contributed by atoms with Crippen LogP contribution in [0.2, 0.25) is 5.02 Å². The summed E-state index contributed by atoms with van der Waals surface area (Å²) in [6.07, 6.45) is 0. The monoisotopic (exact) mass is 272 g/mol. The third kappa shape index (κ3) is 2.10. The van der Waals surface area contributed by atoms with E-state index in [0.29, 0.717) is 0 Å². The van der Waals surface area contributed by atoms with Crippen molar-refractivity contribution in [2.45, 2.75) is 6.92 Å². The lowest BCUT2D eigenvalue weighted by Gasteiger charge is -2.02. The summed E-state index contributed by atoms with van der Waals surface area (Å²) in [7, 11) is 0. The number of thiophene rings is 1. The van der Waals surface area contributed by atoms with Crippen molar-refractivity contribution in [2.75, 3.05) is 0 Å². The van der Waals surface area contributed by atoms with Crippen LogP contribution < -0.4 is 0 Å². The highest BCUT2D eigenvalue weighted by Crippen LogP contribution is 2.30. The van der Waals surface area contributed by atoms with E-state index in [2.05, 4.69) is 0 Å². The molecular weight excluding hydrogens is 266 g/mol. The maximum atomic E-state index is 13.4. The van der Waals surface area contributed by atoms with E-state index in [4.69, 9.17) is 11.6 Å². The largest absolute Gasteiger partial charge is 0.287 e. The topological polar surface area (TPSA) is 17.1 Å². The number of benzene rings is 1. The Morgan fingerprint density at radius 3 is 2.35 bits per heavy atom. The van der Waals surface area contributed by atoms with Crippen LogP contribution >= 0.6 is 22.9 Å². The van der Waals surface area contributed by atoms with Gasteiger partial charge in [-0.1, -0.05) is 17.7 Å². The van der Waals surface area contributed by atoms with Gasteiger partial charge in [0.2, 0.25) is 5.78 Å². The molecule has 2 rings (SSSR count). The van der Waals surface area contributed by atoms with Crippen LogP contribution in [0.3, 0.4) is 0 Å². The molecule has 0 saturated heterocycles. The molecule has 1 heterocycles. The van der Waals surface area contributed by atoms with Crippen molar-refractivity contribution in [3.63, 3.8) is 0 Å². The van der Waals surface area contributed by atoms with E-state index in [1.54, 1.807) is 12.3 Å². The van der Waals surface area contributed by atoms with E-state index in [9.17, 15) is 13.6 Å². The molecule has 0 saturated carbocycles. The second kappa shape index (κ2) is 4.55. The van der Waals surface area contributed by atoms with Crippen molar-refractivity contribution in [1.29, 1.82) is 0 Å². The first-order valence-electron chi connectivity index (χ1n) is 4.74. The second-order valence-electron chi connectivity index (χ2n) is 3.49. The van der Waals surface area contributed by atoms with Crippen LogP contribution in [0.5, 0.6) is 0 Å². The zero-order valence-corrected chi connectivity index (χ0v) is 10.3. The molecule has 17 heavy (non-hydrogen) atoms. The molecule has 2 aromatic rings. The zero-order valence-electron chi connectivity index (χ0n) is 8.76. The van der Waals surface area contributed by atoms with E-state index in [1.165, 1.54) is 6.07 Å². The predicted molar refractivity (Wildman–Crippen MR) is 63.9 cm³/mol. The van der Waals surface area contributed by atoms with Gasteiger partial charge in [0.1, 0.15) is 11.6 Å². The minimum atomic E-state index is -0.878. The van der Waals surface area contributed by atoms with Crippen molar-refractivity contribution in [1.82, 2.24) is 0 Å². The third-order valence-electron chi connectivity index (χ3n) is 2.30. The molecule has 88 valence electrons. The number of hydrogen-bond donors (Lipinski definition) is 0. The molecule has 0 atom stereocenters. The molecule has 0 aliphatic heterocycles. The van der Waals surface area contributed by atoms with Crippen LogP contribution in [-0.4, -0.2) is 5.78 Å². The van der Waals surface area contributed by atoms with Crippen molar-refractivity contribution >= 4 is 28.7 Å². The van der Waals surface area contributed by atoms with Crippen molar-refractivity contribution in [3.8, 4) is 0 Å². The van der Waals surface area contributed by atoms with E-state index >= 15 is 0 Å². The highest BCUT2D eigenvalue weighted by atomic mass is 35.5. The number of hydrogen-bond acceptors (Lipinski definition) is 2. The minimum absolute atomic E-state index is 0.160. The summed E-state index contributed by atoms with van der Waals surface area (Å²) in [5, 5.41) is 1.93. The van der Waals surface area contributed by atoms with Crippen LogP contribution in [-0.2, 0) is 0 Å². The molecule has 0 aliphatic rings. The van der Waals surface area contributed by atoms with Gasteiger partial charge >= 0.3 is 0 Å². The Hall–Kier alpha value is -1.26. The molecule has 1 aromatic heterocycles. The number of aryl methyl sites for hydroxylation is 1. The zero-order chi connectivity index (χ0) is 12.6. The number of carbonyl (C=O) groups is 1. The summed E-state index contributed by atoms with van der Waals surface area (Å²) in [5.74, 6) is -2.47. The highest BCUT2D eigenvalue weighted by Gasteiger charge is 2.22. The van der Waals surface area contributed by atoms with Gasteiger partial charge in [-0.3, -0.25) is 4.79 Å². The Kier molecular flexibility index (Phi) is 3.26. The molecular formula is C12H7ClF2OS. The predicted octanol–water partition coefficient (Wildman–Crippen LogP) is 4.22. The van der Waals surface area contributed by atoms with Crippen LogP contribution in [0.15, 0.2) is 23.6 Å². The van der Waals surface area contributed by atoms with Crippen LogP contribution in [0.25, 0.3) is 0 Å². The molecule has 0 fully saturated rings. The summed E-state index contributed by atoms with van der Waals surface area (Å²) >= 11 is 6.98. The third-order valence-corrected chi connectivity index (χ3v) is 3.99. The smallest absolute Gasteiger partial charge is 0.210 e. The van der Waals surface area contributed by atoms with Gasteiger partial charge in [0.05, 0.1) is 15.5 Å². The minimum Gasteiger partial charge on any atom is -0.287 e. The first-order chi connectivity index (χ1) is 8.02. The van der Waals surface area contributed by atoms with Gasteiger partial charge in [-0.05, 0) is 30.0 Å². The van der Waals surface area contributed by atoms with E-state index in [-0.39, 0.29) is 9.90 Å². The molecule has 0 N–H and O–H groups in total. The molecule has 1 nitrogen and oxygen atoms in total. The maximum absolute atomic E-state index is 13.4. The van der Waals surface area contributed by atoms with Crippen molar-refractivity contribution in [2.24, 2.45) is 0 Å². The quantitative estimate of drug-likeness (QED) is 0.748. The number of carbonyl (C=O) groups excluding carboxylic acids is 1. The summed E-state index contributed by atoms with van der Waals surface area (Å²) in [4.78, 5) is 12.1. The maximum Gasteiger partial charge on any atom is 0.210 e. The fourth-order valence-electron chi connectivity index (χ4n) is 1.41. The van der Waals surface area contributed by atoms with E-state index < -0.39 is 23.0 Å². The van der Waals surface area contributed by atoms with Gasteiger partial charge in [-0.15, -0.1) is 11.3 Å². The fourth-order valence-corrected chi connectivity index (χ4v) is 2.64. The van der Waals surface area contributed by atoms with Gasteiger partial charge in [0.15, 0.2) is 0 Å². The van der Waals surface area contributed by atoms with Gasteiger partial charge < -0.3 is 0 Å². The average molecular weight is 273 g/mol. The van der Waals surface area contributed by atoms with Gasteiger partial charge in [0.25, 0.3) is 0 Å². The molecule has 1 aromatic carbocycles. The molecule has 5 heteroatoms. The molecule has 0 amide bonds. The standard InChI is InChI=1S/C12H7ClF2OS/c1-6-5-17-12(10(6)13)11(16)9-7(14)3-2-4-8(9)15/h2-5H,1H3. The lowest BCUT2D eigenvalue weighted by atomic mass is 10.1. The molecule has 0 spiro atoms. The van der Waals surface area contributed by atoms with Crippen molar-refractivity contribution < 1.29 is 13.6 Å². The van der Waals surface area contributed by atoms with Crippen LogP contribution in [0, 0.1) is 18.6 Å². The normalized spacial score (nSPS) is 10.6. The Balaban J connectivity index is 2.55. The van der Waals surface area contributed by atoms with E-state index in [0.717, 1.165) is 29.0 Å². The lowest BCUT2D eigenvalue weighted by Crippen LogP contribution is -2.06. The van der Waals surface area contributed by atoms with Gasteiger partial charge in [-0.2, -0.15) is 0 Å². The second-order valence-corrected chi connectivity index (χ2v) is 4.75. The van der Waals surface area contributed by atoms with Gasteiger partial charge in [0, 0.05) is 0 Å². The SMILES string of the molecule is Cc1csc(C(=O)c2c(F)cccc2F)c1Cl. The molecule has 0 aliphatic carbocycles. The lowest BCUT2D eigenvalue weighted by molar-refractivity contribution is 0.103. The summed E-state index contributed by atoms with van der Waals surface area (Å²) in [5.41, 5.74) is 0.160. The highest BCUT2D eigenvalue weighted by molar-refractivity contribution is 7.13. The average Bonchev–Trinajstić information content (AvgIpc) is 2.59. The Morgan fingerprint density at radius 1 is 1.29 bits per heavy atom. The fraction of sp³-hybridized carbons (Fsp3) is 0.0833. The Morgan fingerprint density at radius 2 is 1.88 bits per heavy atom. The van der Waals surface area contributed by atoms with Crippen LogP contribution in [0.4, 0.5) is 8.78 Å². The van der Waals surface area contributed by atoms with Crippen LogP contribution in [0.1, 0.15) is 20.8 Å². The summed E-state index contributed by atoms with van der Waals surface area (Å²) < 4.78 is 26.9. The first kappa shape index (κ1) is 12.2. The Bertz CT molecular complexity index is 572. The number of rotatable bonds is 2. The summed E-state index contributed by atoms with van der Waals surface area (Å²) in [6.45, 7) is 1.73. The first-order valence-corrected chi connectivity index (χ1v) is 6.00. The Labute approximate surface area is 106 Å². The molecule has 0 radical (unpaired) electrons. The van der Waals surface area contributed by atoms with E-state index in [1.807, 2.05) is 0 Å². The number of ketones is 1.